The van der Waals surface area contributed by atoms with E-state index < -0.39 is 17.8 Å². The van der Waals surface area contributed by atoms with Crippen molar-refractivity contribution in [1.29, 1.82) is 0 Å². The van der Waals surface area contributed by atoms with Gasteiger partial charge in [-0.25, -0.2) is 4.39 Å². The number of halogens is 1. The Balaban J connectivity index is 2.42. The van der Waals surface area contributed by atoms with Gasteiger partial charge in [-0.15, -0.1) is 0 Å². The van der Waals surface area contributed by atoms with Crippen LogP contribution in [0.5, 0.6) is 0 Å². The van der Waals surface area contributed by atoms with Crippen molar-refractivity contribution in [2.45, 2.75) is 19.4 Å². The maximum Gasteiger partial charge on any atom is 0.251 e. The molecule has 0 aliphatic heterocycles. The van der Waals surface area contributed by atoms with Crippen molar-refractivity contribution in [3.8, 4) is 0 Å². The van der Waals surface area contributed by atoms with Gasteiger partial charge >= 0.3 is 0 Å². The SMILES string of the molecule is CC(O)CCN(C)C(=O)CNC(=O)c1cccc(F)c1. The van der Waals surface area contributed by atoms with Crippen molar-refractivity contribution in [3.05, 3.63) is 35.6 Å². The number of aliphatic hydroxyl groups excluding tert-OH is 1. The maximum absolute atomic E-state index is 13.0. The topological polar surface area (TPSA) is 69.6 Å². The van der Waals surface area contributed by atoms with Crippen LogP contribution in [0.4, 0.5) is 4.39 Å². The molecule has 2 N–H and O–H groups in total. The van der Waals surface area contributed by atoms with E-state index in [0.717, 1.165) is 6.07 Å². The van der Waals surface area contributed by atoms with Crippen molar-refractivity contribution in [1.82, 2.24) is 10.2 Å². The predicted octanol–water partition coefficient (Wildman–Crippen LogP) is 0.785. The van der Waals surface area contributed by atoms with E-state index in [0.29, 0.717) is 13.0 Å². The van der Waals surface area contributed by atoms with Crippen molar-refractivity contribution in [3.63, 3.8) is 0 Å². The summed E-state index contributed by atoms with van der Waals surface area (Å²) in [6, 6.07) is 5.25. The van der Waals surface area contributed by atoms with Gasteiger partial charge in [0.1, 0.15) is 5.82 Å². The lowest BCUT2D eigenvalue weighted by atomic mass is 10.2. The fourth-order valence-electron chi connectivity index (χ4n) is 1.53. The Hall–Kier alpha value is -1.95. The van der Waals surface area contributed by atoms with Crippen LogP contribution in [0, 0.1) is 5.82 Å². The molecule has 0 aromatic heterocycles. The first-order chi connectivity index (χ1) is 9.40. The molecule has 0 saturated heterocycles. The summed E-state index contributed by atoms with van der Waals surface area (Å²) >= 11 is 0. The summed E-state index contributed by atoms with van der Waals surface area (Å²) in [6.45, 7) is 1.89. The minimum Gasteiger partial charge on any atom is -0.393 e. The van der Waals surface area contributed by atoms with Crippen LogP contribution in [0.15, 0.2) is 24.3 Å². The minimum atomic E-state index is -0.502. The van der Waals surface area contributed by atoms with Gasteiger partial charge in [-0.3, -0.25) is 9.59 Å². The minimum absolute atomic E-state index is 0.161. The highest BCUT2D eigenvalue weighted by Crippen LogP contribution is 2.03. The first-order valence-corrected chi connectivity index (χ1v) is 6.36. The van der Waals surface area contributed by atoms with Gasteiger partial charge in [-0.05, 0) is 31.5 Å². The lowest BCUT2D eigenvalue weighted by molar-refractivity contribution is -0.129. The number of nitrogens with zero attached hydrogens (tertiary/aromatic N) is 1. The second-order valence-corrected chi connectivity index (χ2v) is 4.65. The zero-order chi connectivity index (χ0) is 15.1. The van der Waals surface area contributed by atoms with Crippen molar-refractivity contribution >= 4 is 11.8 Å². The van der Waals surface area contributed by atoms with Crippen molar-refractivity contribution < 1.29 is 19.1 Å². The average molecular weight is 282 g/mol. The molecule has 1 atom stereocenters. The van der Waals surface area contributed by atoms with Crippen LogP contribution in [-0.2, 0) is 4.79 Å². The van der Waals surface area contributed by atoms with E-state index in [1.165, 1.54) is 23.1 Å². The quantitative estimate of drug-likeness (QED) is 0.810. The van der Waals surface area contributed by atoms with Gasteiger partial charge in [0.15, 0.2) is 0 Å². The number of benzene rings is 1. The second-order valence-electron chi connectivity index (χ2n) is 4.65. The molecule has 1 aromatic rings. The largest absolute Gasteiger partial charge is 0.393 e. The highest BCUT2D eigenvalue weighted by atomic mass is 19.1. The third-order valence-electron chi connectivity index (χ3n) is 2.80. The predicted molar refractivity (Wildman–Crippen MR) is 72.7 cm³/mol. The smallest absolute Gasteiger partial charge is 0.251 e. The van der Waals surface area contributed by atoms with Gasteiger partial charge in [0.05, 0.1) is 12.6 Å². The molecule has 0 spiro atoms. The third kappa shape index (κ3) is 5.36. The van der Waals surface area contributed by atoms with Gasteiger partial charge in [0, 0.05) is 19.2 Å². The lowest BCUT2D eigenvalue weighted by Gasteiger charge is -2.18. The van der Waals surface area contributed by atoms with E-state index in [4.69, 9.17) is 5.11 Å². The number of amides is 2. The summed E-state index contributed by atoms with van der Waals surface area (Å²) in [7, 11) is 1.60. The normalized spacial score (nSPS) is 11.8. The summed E-state index contributed by atoms with van der Waals surface area (Å²) in [5.74, 6) is -1.27. The number of rotatable bonds is 6. The molecule has 1 unspecified atom stereocenters. The Bertz CT molecular complexity index is 477. The monoisotopic (exact) mass is 282 g/mol. The molecule has 0 aliphatic carbocycles. The molecule has 0 radical (unpaired) electrons. The molecule has 0 bridgehead atoms. The maximum atomic E-state index is 13.0. The molecule has 0 fully saturated rings. The Kier molecular flexibility index (Phi) is 6.11. The first kappa shape index (κ1) is 16.1. The molecular weight excluding hydrogens is 263 g/mol. The Morgan fingerprint density at radius 2 is 2.15 bits per heavy atom. The molecule has 20 heavy (non-hydrogen) atoms. The Morgan fingerprint density at radius 3 is 2.75 bits per heavy atom. The second kappa shape index (κ2) is 7.59. The Morgan fingerprint density at radius 1 is 1.45 bits per heavy atom. The van der Waals surface area contributed by atoms with E-state index in [1.54, 1.807) is 14.0 Å². The number of likely N-dealkylation sites (N-methyl/N-ethyl adjacent to an activating group) is 1. The molecule has 110 valence electrons. The van der Waals surface area contributed by atoms with E-state index in [-0.39, 0.29) is 18.0 Å². The molecule has 0 saturated carbocycles. The van der Waals surface area contributed by atoms with Crippen LogP contribution in [0.3, 0.4) is 0 Å². The zero-order valence-corrected chi connectivity index (χ0v) is 11.6. The summed E-state index contributed by atoms with van der Waals surface area (Å²) < 4.78 is 13.0. The average Bonchev–Trinajstić information content (AvgIpc) is 2.41. The summed E-state index contributed by atoms with van der Waals surface area (Å²) in [6.07, 6.45) is -0.00720. The van der Waals surface area contributed by atoms with Gasteiger partial charge in [0.25, 0.3) is 5.91 Å². The number of nitrogens with one attached hydrogen (secondary N) is 1. The van der Waals surface area contributed by atoms with Gasteiger partial charge < -0.3 is 15.3 Å². The summed E-state index contributed by atoms with van der Waals surface area (Å²) in [4.78, 5) is 24.8. The highest BCUT2D eigenvalue weighted by molar-refractivity contribution is 5.96. The zero-order valence-electron chi connectivity index (χ0n) is 11.6. The molecule has 2 amide bonds. The van der Waals surface area contributed by atoms with Gasteiger partial charge in [-0.1, -0.05) is 6.07 Å². The van der Waals surface area contributed by atoms with Crippen molar-refractivity contribution in [2.75, 3.05) is 20.1 Å². The highest BCUT2D eigenvalue weighted by Gasteiger charge is 2.12. The van der Waals surface area contributed by atoms with E-state index in [2.05, 4.69) is 5.32 Å². The molecule has 0 heterocycles. The number of aliphatic hydroxyl groups is 1. The number of hydrogen-bond acceptors (Lipinski definition) is 3. The van der Waals surface area contributed by atoms with Gasteiger partial charge in [0.2, 0.25) is 5.91 Å². The first-order valence-electron chi connectivity index (χ1n) is 6.36. The molecular formula is C14H19FN2O3. The van der Waals surface area contributed by atoms with E-state index >= 15 is 0 Å². The fraction of sp³-hybridized carbons (Fsp3) is 0.429. The number of carbonyl (C=O) groups is 2. The number of hydrogen-bond donors (Lipinski definition) is 2. The van der Waals surface area contributed by atoms with Crippen LogP contribution in [-0.4, -0.2) is 48.1 Å². The standard InChI is InChI=1S/C14H19FN2O3/c1-10(18)6-7-17(2)13(19)9-16-14(20)11-4-3-5-12(15)8-11/h3-5,8,10,18H,6-7,9H2,1-2H3,(H,16,20). The van der Waals surface area contributed by atoms with Crippen LogP contribution < -0.4 is 5.32 Å². The molecule has 1 rings (SSSR count). The van der Waals surface area contributed by atoms with Gasteiger partial charge in [-0.2, -0.15) is 0 Å². The lowest BCUT2D eigenvalue weighted by Crippen LogP contribution is -2.39. The van der Waals surface area contributed by atoms with Crippen LogP contribution in [0.25, 0.3) is 0 Å². The molecule has 1 aromatic carbocycles. The van der Waals surface area contributed by atoms with E-state index in [9.17, 15) is 14.0 Å². The van der Waals surface area contributed by atoms with Crippen molar-refractivity contribution in [2.24, 2.45) is 0 Å². The Labute approximate surface area is 117 Å². The molecule has 5 nitrogen and oxygen atoms in total. The van der Waals surface area contributed by atoms with E-state index in [1.807, 2.05) is 0 Å². The van der Waals surface area contributed by atoms with Crippen LogP contribution >= 0.6 is 0 Å². The van der Waals surface area contributed by atoms with Crippen LogP contribution in [0.1, 0.15) is 23.7 Å². The molecule has 0 aliphatic rings. The number of carbonyl (C=O) groups excluding carboxylic acids is 2. The third-order valence-corrected chi connectivity index (χ3v) is 2.80. The summed E-state index contributed by atoms with van der Waals surface area (Å²) in [5.41, 5.74) is 0.171. The summed E-state index contributed by atoms with van der Waals surface area (Å²) in [5, 5.41) is 11.6. The molecule has 6 heteroatoms. The fourth-order valence-corrected chi connectivity index (χ4v) is 1.53. The van der Waals surface area contributed by atoms with Crippen LogP contribution in [0.2, 0.25) is 0 Å².